The van der Waals surface area contributed by atoms with Crippen molar-refractivity contribution in [1.29, 1.82) is 0 Å². The number of hydrogen-bond acceptors (Lipinski definition) is 3. The summed E-state index contributed by atoms with van der Waals surface area (Å²) in [5.74, 6) is 0. The van der Waals surface area contributed by atoms with Crippen LogP contribution in [-0.4, -0.2) is 18.6 Å². The minimum Gasteiger partial charge on any atom is -0.280 e. The number of rotatable bonds is 5. The molecule has 0 saturated heterocycles. The van der Waals surface area contributed by atoms with Gasteiger partial charge >= 0.3 is 0 Å². The molecular formula is C20H17N3O2S. The lowest BCUT2D eigenvalue weighted by Crippen LogP contribution is -2.23. The average molecular weight is 363 g/mol. The van der Waals surface area contributed by atoms with Crippen molar-refractivity contribution < 1.29 is 8.42 Å². The largest absolute Gasteiger partial charge is 0.280 e. The van der Waals surface area contributed by atoms with Gasteiger partial charge in [0.25, 0.3) is 0 Å². The highest BCUT2D eigenvalue weighted by molar-refractivity contribution is 7.89. The molecule has 1 heterocycles. The molecule has 26 heavy (non-hydrogen) atoms. The molecule has 0 unspecified atom stereocenters. The van der Waals surface area contributed by atoms with E-state index in [0.717, 1.165) is 27.7 Å². The van der Waals surface area contributed by atoms with Crippen LogP contribution in [0.15, 0.2) is 83.8 Å². The summed E-state index contributed by atoms with van der Waals surface area (Å²) in [6.45, 7) is 0.145. The minimum absolute atomic E-state index is 0.145. The smallest absolute Gasteiger partial charge is 0.240 e. The van der Waals surface area contributed by atoms with E-state index >= 15 is 0 Å². The standard InChI is InChI=1S/C20H17N3O2S/c24-26(25,17-9-5-2-6-10-17)21-14-20-18-13-16(11-12-19(18)22-23-20)15-7-3-1-4-8-15/h1-13,21H,14H2,(H,22,23). The van der Waals surface area contributed by atoms with E-state index in [-0.39, 0.29) is 11.4 Å². The number of aromatic amines is 1. The molecule has 0 amide bonds. The van der Waals surface area contributed by atoms with Crippen LogP contribution in [-0.2, 0) is 16.6 Å². The predicted octanol–water partition coefficient (Wildman–Crippen LogP) is 3.71. The Morgan fingerprint density at radius 2 is 1.54 bits per heavy atom. The Labute approximate surface area is 151 Å². The van der Waals surface area contributed by atoms with Crippen LogP contribution in [0.1, 0.15) is 5.69 Å². The Morgan fingerprint density at radius 3 is 2.27 bits per heavy atom. The Bertz CT molecular complexity index is 1140. The van der Waals surface area contributed by atoms with Gasteiger partial charge in [0.2, 0.25) is 10.0 Å². The summed E-state index contributed by atoms with van der Waals surface area (Å²) >= 11 is 0. The second-order valence-electron chi connectivity index (χ2n) is 5.94. The van der Waals surface area contributed by atoms with E-state index < -0.39 is 10.0 Å². The molecule has 6 heteroatoms. The SMILES string of the molecule is O=S(=O)(NCc1[nH]nc2ccc(-c3ccccc3)cc12)c1ccccc1. The molecule has 5 nitrogen and oxygen atoms in total. The summed E-state index contributed by atoms with van der Waals surface area (Å²) in [5, 5.41) is 8.11. The van der Waals surface area contributed by atoms with E-state index in [0.29, 0.717) is 0 Å². The summed E-state index contributed by atoms with van der Waals surface area (Å²) < 4.78 is 27.4. The molecule has 0 aliphatic rings. The fourth-order valence-corrected chi connectivity index (χ4v) is 3.87. The number of H-pyrrole nitrogens is 1. The molecule has 0 bridgehead atoms. The molecule has 0 spiro atoms. The quantitative estimate of drug-likeness (QED) is 0.568. The van der Waals surface area contributed by atoms with E-state index in [1.807, 2.05) is 48.5 Å². The van der Waals surface area contributed by atoms with E-state index in [4.69, 9.17) is 0 Å². The van der Waals surface area contributed by atoms with Crippen molar-refractivity contribution in [2.24, 2.45) is 0 Å². The molecule has 2 N–H and O–H groups in total. The van der Waals surface area contributed by atoms with Gasteiger partial charge in [-0.3, -0.25) is 5.10 Å². The molecule has 0 aliphatic carbocycles. The van der Waals surface area contributed by atoms with Crippen LogP contribution in [0.5, 0.6) is 0 Å². The molecule has 1 aromatic heterocycles. The van der Waals surface area contributed by atoms with Crippen molar-refractivity contribution in [1.82, 2.24) is 14.9 Å². The minimum atomic E-state index is -3.57. The molecule has 0 aliphatic heterocycles. The van der Waals surface area contributed by atoms with Gasteiger partial charge in [-0.25, -0.2) is 13.1 Å². The Balaban J connectivity index is 1.63. The Hall–Kier alpha value is -2.96. The Kier molecular flexibility index (Phi) is 4.28. The van der Waals surface area contributed by atoms with Crippen molar-refractivity contribution >= 4 is 20.9 Å². The average Bonchev–Trinajstić information content (AvgIpc) is 3.10. The highest BCUT2D eigenvalue weighted by Crippen LogP contribution is 2.25. The summed E-state index contributed by atoms with van der Waals surface area (Å²) in [4.78, 5) is 0.244. The molecule has 4 rings (SSSR count). The van der Waals surface area contributed by atoms with Gasteiger partial charge in [0.15, 0.2) is 0 Å². The number of sulfonamides is 1. The van der Waals surface area contributed by atoms with Gasteiger partial charge in [0.1, 0.15) is 0 Å². The van der Waals surface area contributed by atoms with E-state index in [9.17, 15) is 8.42 Å². The summed E-state index contributed by atoms with van der Waals surface area (Å²) in [6.07, 6.45) is 0. The third kappa shape index (κ3) is 3.24. The zero-order valence-electron chi connectivity index (χ0n) is 13.9. The van der Waals surface area contributed by atoms with Crippen molar-refractivity contribution in [2.75, 3.05) is 0 Å². The lowest BCUT2D eigenvalue weighted by atomic mass is 10.0. The van der Waals surface area contributed by atoms with Crippen LogP contribution in [0, 0.1) is 0 Å². The molecule has 0 atom stereocenters. The number of fused-ring (bicyclic) bond motifs is 1. The Morgan fingerprint density at radius 1 is 0.846 bits per heavy atom. The highest BCUT2D eigenvalue weighted by Gasteiger charge is 2.15. The maximum Gasteiger partial charge on any atom is 0.240 e. The van der Waals surface area contributed by atoms with Crippen LogP contribution in [0.3, 0.4) is 0 Å². The van der Waals surface area contributed by atoms with Gasteiger partial charge in [-0.1, -0.05) is 54.6 Å². The van der Waals surface area contributed by atoms with Crippen LogP contribution < -0.4 is 4.72 Å². The van der Waals surface area contributed by atoms with Gasteiger partial charge in [0, 0.05) is 5.39 Å². The molecule has 130 valence electrons. The first-order valence-electron chi connectivity index (χ1n) is 8.21. The first-order chi connectivity index (χ1) is 12.6. The fraction of sp³-hybridized carbons (Fsp3) is 0.0500. The van der Waals surface area contributed by atoms with Crippen molar-refractivity contribution in [3.8, 4) is 11.1 Å². The van der Waals surface area contributed by atoms with Crippen molar-refractivity contribution in [2.45, 2.75) is 11.4 Å². The van der Waals surface area contributed by atoms with E-state index in [1.54, 1.807) is 30.3 Å². The van der Waals surface area contributed by atoms with Gasteiger partial charge < -0.3 is 0 Å². The normalized spacial score (nSPS) is 11.7. The number of benzene rings is 3. The topological polar surface area (TPSA) is 74.8 Å². The number of hydrogen-bond donors (Lipinski definition) is 2. The molecule has 0 fully saturated rings. The van der Waals surface area contributed by atoms with Gasteiger partial charge in [-0.15, -0.1) is 0 Å². The number of aromatic nitrogens is 2. The molecule has 0 saturated carbocycles. The number of nitrogens with one attached hydrogen (secondary N) is 2. The zero-order valence-corrected chi connectivity index (χ0v) is 14.7. The molecular weight excluding hydrogens is 346 g/mol. The third-order valence-electron chi connectivity index (χ3n) is 4.23. The van der Waals surface area contributed by atoms with Crippen LogP contribution >= 0.6 is 0 Å². The monoisotopic (exact) mass is 363 g/mol. The first kappa shape index (κ1) is 16.5. The zero-order chi connectivity index (χ0) is 18.0. The highest BCUT2D eigenvalue weighted by atomic mass is 32.2. The van der Waals surface area contributed by atoms with Gasteiger partial charge in [0.05, 0.1) is 22.7 Å². The maximum atomic E-state index is 12.4. The third-order valence-corrected chi connectivity index (χ3v) is 5.65. The van der Waals surface area contributed by atoms with Crippen molar-refractivity contribution in [3.05, 3.63) is 84.6 Å². The number of nitrogens with zero attached hydrogens (tertiary/aromatic N) is 1. The van der Waals surface area contributed by atoms with Crippen LogP contribution in [0.4, 0.5) is 0 Å². The maximum absolute atomic E-state index is 12.4. The summed E-state index contributed by atoms with van der Waals surface area (Å²) in [6, 6.07) is 24.3. The lowest BCUT2D eigenvalue weighted by molar-refractivity contribution is 0.580. The second kappa shape index (κ2) is 6.74. The molecule has 4 aromatic rings. The molecule has 0 radical (unpaired) electrons. The van der Waals surface area contributed by atoms with E-state index in [2.05, 4.69) is 14.9 Å². The molecule has 3 aromatic carbocycles. The van der Waals surface area contributed by atoms with Crippen LogP contribution in [0.25, 0.3) is 22.0 Å². The summed E-state index contributed by atoms with van der Waals surface area (Å²) in [5.41, 5.74) is 3.70. The van der Waals surface area contributed by atoms with Gasteiger partial charge in [-0.05, 0) is 35.4 Å². The van der Waals surface area contributed by atoms with Crippen LogP contribution in [0.2, 0.25) is 0 Å². The van der Waals surface area contributed by atoms with Gasteiger partial charge in [-0.2, -0.15) is 5.10 Å². The lowest BCUT2D eigenvalue weighted by Gasteiger charge is -2.06. The fourth-order valence-electron chi connectivity index (χ4n) is 2.86. The van der Waals surface area contributed by atoms with Crippen molar-refractivity contribution in [3.63, 3.8) is 0 Å². The predicted molar refractivity (Wildman–Crippen MR) is 102 cm³/mol. The van der Waals surface area contributed by atoms with E-state index in [1.165, 1.54) is 0 Å². The first-order valence-corrected chi connectivity index (χ1v) is 9.69. The second-order valence-corrected chi connectivity index (χ2v) is 7.70. The summed E-state index contributed by atoms with van der Waals surface area (Å²) in [7, 11) is -3.57.